The Bertz CT molecular complexity index is 749. The quantitative estimate of drug-likeness (QED) is 0.836. The molecule has 7 heteroatoms. The van der Waals surface area contributed by atoms with Crippen molar-refractivity contribution in [2.75, 3.05) is 36.5 Å². The van der Waals surface area contributed by atoms with E-state index in [2.05, 4.69) is 36.0 Å². The third-order valence-electron chi connectivity index (χ3n) is 4.38. The Labute approximate surface area is 163 Å². The van der Waals surface area contributed by atoms with Crippen molar-refractivity contribution in [2.24, 2.45) is 5.41 Å². The summed E-state index contributed by atoms with van der Waals surface area (Å²) >= 11 is 7.49. The van der Waals surface area contributed by atoms with Crippen molar-refractivity contribution in [3.63, 3.8) is 0 Å². The summed E-state index contributed by atoms with van der Waals surface area (Å²) in [5, 5.41) is 5.35. The summed E-state index contributed by atoms with van der Waals surface area (Å²) in [6.07, 6.45) is 1.82. The van der Waals surface area contributed by atoms with Crippen LogP contribution in [0.2, 0.25) is 5.02 Å². The molecule has 1 aliphatic rings. The third-order valence-corrected chi connectivity index (χ3v) is 5.60. The first-order valence-electron chi connectivity index (χ1n) is 8.69. The molecule has 0 bridgehead atoms. The van der Waals surface area contributed by atoms with Crippen molar-refractivity contribution >= 4 is 39.0 Å². The molecule has 5 nitrogen and oxygen atoms in total. The van der Waals surface area contributed by atoms with Crippen LogP contribution in [-0.4, -0.2) is 37.2 Å². The van der Waals surface area contributed by atoms with E-state index in [1.807, 2.05) is 30.5 Å². The molecule has 3 rings (SSSR count). The average molecular weight is 394 g/mol. The topological polar surface area (TPSA) is 54.5 Å². The number of nitrogens with zero attached hydrogens (tertiary/aromatic N) is 2. The van der Waals surface area contributed by atoms with Crippen LogP contribution in [0.25, 0.3) is 0 Å². The van der Waals surface area contributed by atoms with Crippen LogP contribution < -0.4 is 10.2 Å². The number of rotatable bonds is 4. The van der Waals surface area contributed by atoms with Gasteiger partial charge in [-0.15, -0.1) is 0 Å². The Morgan fingerprint density at radius 2 is 1.92 bits per heavy atom. The van der Waals surface area contributed by atoms with Gasteiger partial charge in [0.15, 0.2) is 5.13 Å². The summed E-state index contributed by atoms with van der Waals surface area (Å²) in [7, 11) is 0. The van der Waals surface area contributed by atoms with Gasteiger partial charge in [0.05, 0.1) is 25.3 Å². The molecule has 0 spiro atoms. The highest BCUT2D eigenvalue weighted by Crippen LogP contribution is 2.37. The summed E-state index contributed by atoms with van der Waals surface area (Å²) in [4.78, 5) is 19.6. The molecule has 1 amide bonds. The van der Waals surface area contributed by atoms with Gasteiger partial charge < -0.3 is 15.0 Å². The number of anilines is 2. The Kier molecular flexibility index (Phi) is 5.85. The molecule has 2 aromatic rings. The van der Waals surface area contributed by atoms with Crippen LogP contribution in [0.5, 0.6) is 0 Å². The normalized spacial score (nSPS) is 16.4. The molecule has 0 aliphatic carbocycles. The molecule has 1 aromatic heterocycles. The Balaban J connectivity index is 1.75. The Morgan fingerprint density at radius 3 is 2.54 bits per heavy atom. The highest BCUT2D eigenvalue weighted by atomic mass is 35.5. The molecule has 140 valence electrons. The number of thiazole rings is 1. The smallest absolute Gasteiger partial charge is 0.234 e. The van der Waals surface area contributed by atoms with Gasteiger partial charge >= 0.3 is 0 Å². The van der Waals surface area contributed by atoms with E-state index in [1.54, 1.807) is 0 Å². The summed E-state index contributed by atoms with van der Waals surface area (Å²) in [6.45, 7) is 9.34. The number of hydrogen-bond acceptors (Lipinski definition) is 5. The van der Waals surface area contributed by atoms with E-state index in [1.165, 1.54) is 11.3 Å². The predicted octanol–water partition coefficient (Wildman–Crippen LogP) is 4.40. The number of nitrogens with one attached hydrogen (secondary N) is 1. The highest BCUT2D eigenvalue weighted by Gasteiger charge is 2.33. The number of halogens is 1. The van der Waals surface area contributed by atoms with Gasteiger partial charge in [0, 0.05) is 18.1 Å². The van der Waals surface area contributed by atoms with Gasteiger partial charge in [-0.3, -0.25) is 4.79 Å². The van der Waals surface area contributed by atoms with E-state index < -0.39 is 0 Å². The summed E-state index contributed by atoms with van der Waals surface area (Å²) in [5.74, 6) is -0.349. The molecular weight excluding hydrogens is 370 g/mol. The van der Waals surface area contributed by atoms with Crippen LogP contribution in [-0.2, 0) is 9.53 Å². The minimum absolute atomic E-state index is 0.0531. The molecule has 0 unspecified atom stereocenters. The van der Waals surface area contributed by atoms with Gasteiger partial charge in [0.25, 0.3) is 0 Å². The number of ether oxygens (including phenoxy) is 1. The van der Waals surface area contributed by atoms with Gasteiger partial charge in [-0.25, -0.2) is 4.98 Å². The fourth-order valence-electron chi connectivity index (χ4n) is 3.13. The maximum absolute atomic E-state index is 13.0. The van der Waals surface area contributed by atoms with Crippen molar-refractivity contribution in [3.8, 4) is 0 Å². The van der Waals surface area contributed by atoms with Crippen LogP contribution >= 0.6 is 22.9 Å². The van der Waals surface area contributed by atoms with Gasteiger partial charge in [0.2, 0.25) is 5.91 Å². The molecular formula is C19H24ClN3O2S. The monoisotopic (exact) mass is 393 g/mol. The molecule has 0 saturated carbocycles. The summed E-state index contributed by atoms with van der Waals surface area (Å²) in [5.41, 5.74) is 0.715. The van der Waals surface area contributed by atoms with Crippen LogP contribution in [0.15, 0.2) is 30.5 Å². The lowest BCUT2D eigenvalue weighted by Crippen LogP contribution is -2.35. The Morgan fingerprint density at radius 1 is 1.27 bits per heavy atom. The number of aromatic nitrogens is 1. The van der Waals surface area contributed by atoms with Crippen molar-refractivity contribution in [1.82, 2.24) is 4.98 Å². The van der Waals surface area contributed by atoms with Crippen LogP contribution in [0.4, 0.5) is 10.1 Å². The molecule has 26 heavy (non-hydrogen) atoms. The number of morpholine rings is 1. The fourth-order valence-corrected chi connectivity index (χ4v) is 4.13. The number of carbonyl (C=O) groups is 1. The molecule has 0 radical (unpaired) electrons. The molecule has 1 aromatic carbocycles. The van der Waals surface area contributed by atoms with Crippen molar-refractivity contribution in [2.45, 2.75) is 26.7 Å². The van der Waals surface area contributed by atoms with E-state index in [9.17, 15) is 4.79 Å². The van der Waals surface area contributed by atoms with Crippen LogP contribution in [0, 0.1) is 5.41 Å². The standard InChI is InChI=1S/C19H24ClN3O2S/c1-19(2,3)16(13-4-6-14(20)7-5-13)17(24)22-18-21-12-15(26-18)23-8-10-25-11-9-23/h4-7,12,16H,8-11H2,1-3H3,(H,21,22,24)/t16-/m0/s1. The highest BCUT2D eigenvalue weighted by molar-refractivity contribution is 7.19. The molecule has 1 N–H and O–H groups in total. The number of benzene rings is 1. The Hall–Kier alpha value is -1.63. The molecule has 1 aliphatic heterocycles. The third kappa shape index (κ3) is 4.55. The van der Waals surface area contributed by atoms with E-state index in [4.69, 9.17) is 16.3 Å². The van der Waals surface area contributed by atoms with E-state index in [-0.39, 0.29) is 17.2 Å². The lowest BCUT2D eigenvalue weighted by atomic mass is 9.76. The molecule has 1 saturated heterocycles. The number of hydrogen-bond donors (Lipinski definition) is 1. The minimum Gasteiger partial charge on any atom is -0.378 e. The van der Waals surface area contributed by atoms with Gasteiger partial charge in [-0.2, -0.15) is 0 Å². The average Bonchev–Trinajstić information content (AvgIpc) is 3.05. The minimum atomic E-state index is -0.296. The van der Waals surface area contributed by atoms with E-state index in [0.717, 1.165) is 36.9 Å². The largest absolute Gasteiger partial charge is 0.378 e. The van der Waals surface area contributed by atoms with Crippen molar-refractivity contribution < 1.29 is 9.53 Å². The first-order chi connectivity index (χ1) is 12.3. The molecule has 2 heterocycles. The first-order valence-corrected chi connectivity index (χ1v) is 9.89. The lowest BCUT2D eigenvalue weighted by Gasteiger charge is -2.29. The lowest BCUT2D eigenvalue weighted by molar-refractivity contribution is -0.119. The maximum Gasteiger partial charge on any atom is 0.234 e. The maximum atomic E-state index is 13.0. The van der Waals surface area contributed by atoms with Crippen molar-refractivity contribution in [3.05, 3.63) is 41.0 Å². The van der Waals surface area contributed by atoms with Gasteiger partial charge in [-0.1, -0.05) is 55.8 Å². The SMILES string of the molecule is CC(C)(C)[C@H](C(=O)Nc1ncc(N2CCOCC2)s1)c1ccc(Cl)cc1. The second-order valence-electron chi connectivity index (χ2n) is 7.44. The second-order valence-corrected chi connectivity index (χ2v) is 8.89. The van der Waals surface area contributed by atoms with Crippen LogP contribution in [0.1, 0.15) is 32.3 Å². The zero-order chi connectivity index (χ0) is 18.7. The van der Waals surface area contributed by atoms with Gasteiger partial charge in [0.1, 0.15) is 5.00 Å². The zero-order valence-electron chi connectivity index (χ0n) is 15.3. The molecule has 1 fully saturated rings. The number of amides is 1. The first kappa shape index (κ1) is 19.1. The van der Waals surface area contributed by atoms with E-state index in [0.29, 0.717) is 10.2 Å². The fraction of sp³-hybridized carbons (Fsp3) is 0.474. The van der Waals surface area contributed by atoms with Crippen LogP contribution in [0.3, 0.4) is 0 Å². The summed E-state index contributed by atoms with van der Waals surface area (Å²) in [6, 6.07) is 7.48. The predicted molar refractivity (Wildman–Crippen MR) is 107 cm³/mol. The van der Waals surface area contributed by atoms with Crippen molar-refractivity contribution in [1.29, 1.82) is 0 Å². The summed E-state index contributed by atoms with van der Waals surface area (Å²) < 4.78 is 5.38. The second kappa shape index (κ2) is 7.94. The van der Waals surface area contributed by atoms with Gasteiger partial charge in [-0.05, 0) is 23.1 Å². The van der Waals surface area contributed by atoms with E-state index >= 15 is 0 Å². The number of carbonyl (C=O) groups excluding carboxylic acids is 1. The zero-order valence-corrected chi connectivity index (χ0v) is 16.9. The molecule has 1 atom stereocenters.